The van der Waals surface area contributed by atoms with E-state index < -0.39 is 0 Å². The van der Waals surface area contributed by atoms with Crippen molar-refractivity contribution in [3.63, 3.8) is 0 Å². The molecule has 0 aliphatic heterocycles. The fraction of sp³-hybridized carbons (Fsp3) is 0.909. The maximum atomic E-state index is 6.06. The predicted molar refractivity (Wildman–Crippen MR) is 63.4 cm³/mol. The molecule has 0 bridgehead atoms. The van der Waals surface area contributed by atoms with Crippen LogP contribution < -0.4 is 0 Å². The van der Waals surface area contributed by atoms with Crippen LogP contribution in [-0.4, -0.2) is 20.2 Å². The molecule has 1 aromatic heterocycles. The van der Waals surface area contributed by atoms with Crippen LogP contribution in [0.2, 0.25) is 0 Å². The topological polar surface area (TPSA) is 43.6 Å². The predicted octanol–water partition coefficient (Wildman–Crippen LogP) is 3.11. The van der Waals surface area contributed by atoms with Crippen molar-refractivity contribution in [2.24, 2.45) is 5.92 Å². The lowest BCUT2D eigenvalue weighted by atomic mass is 9.84. The number of hydrogen-bond acceptors (Lipinski definition) is 3. The van der Waals surface area contributed by atoms with Crippen molar-refractivity contribution >= 4 is 11.6 Å². The summed E-state index contributed by atoms with van der Waals surface area (Å²) in [5, 5.41) is 11.7. The van der Waals surface area contributed by atoms with E-state index >= 15 is 0 Å². The highest BCUT2D eigenvalue weighted by Gasteiger charge is 2.25. The molecule has 1 aromatic rings. The lowest BCUT2D eigenvalue weighted by Gasteiger charge is -2.28. The van der Waals surface area contributed by atoms with Gasteiger partial charge in [-0.1, -0.05) is 13.3 Å². The Labute approximate surface area is 101 Å². The molecule has 1 aliphatic carbocycles. The Morgan fingerprint density at radius 2 is 2.06 bits per heavy atom. The molecule has 5 heteroatoms. The van der Waals surface area contributed by atoms with Crippen molar-refractivity contribution in [3.05, 3.63) is 5.82 Å². The second kappa shape index (κ2) is 5.13. The molecule has 1 heterocycles. The molecule has 90 valence electrons. The van der Waals surface area contributed by atoms with Crippen molar-refractivity contribution < 1.29 is 0 Å². The monoisotopic (exact) mass is 242 g/mol. The molecule has 2 rings (SSSR count). The molecule has 1 unspecified atom stereocenters. The smallest absolute Gasteiger partial charge is 0.169 e. The Morgan fingerprint density at radius 3 is 2.62 bits per heavy atom. The Morgan fingerprint density at radius 1 is 1.38 bits per heavy atom. The van der Waals surface area contributed by atoms with E-state index in [1.54, 1.807) is 0 Å². The van der Waals surface area contributed by atoms with Crippen LogP contribution in [-0.2, 0) is 0 Å². The molecule has 4 nitrogen and oxygen atoms in total. The van der Waals surface area contributed by atoms with Gasteiger partial charge in [-0.3, -0.25) is 0 Å². The summed E-state index contributed by atoms with van der Waals surface area (Å²) in [5.74, 6) is 1.70. The van der Waals surface area contributed by atoms with Gasteiger partial charge in [-0.15, -0.1) is 16.7 Å². The molecule has 1 saturated carbocycles. The van der Waals surface area contributed by atoms with Gasteiger partial charge in [0.05, 0.1) is 11.4 Å². The van der Waals surface area contributed by atoms with Gasteiger partial charge in [0, 0.05) is 0 Å². The van der Waals surface area contributed by atoms with E-state index in [4.69, 9.17) is 11.6 Å². The molecule has 1 fully saturated rings. The van der Waals surface area contributed by atoms with Crippen LogP contribution in [0.15, 0.2) is 0 Å². The van der Waals surface area contributed by atoms with Gasteiger partial charge in [-0.2, -0.15) is 0 Å². The minimum absolute atomic E-state index is 0.112. The van der Waals surface area contributed by atoms with Crippen molar-refractivity contribution in [2.45, 2.75) is 57.4 Å². The quantitative estimate of drug-likeness (QED) is 0.765. The minimum atomic E-state index is -0.112. The first-order chi connectivity index (χ1) is 7.72. The molecule has 16 heavy (non-hydrogen) atoms. The highest BCUT2D eigenvalue weighted by Crippen LogP contribution is 2.34. The number of tetrazole rings is 1. The van der Waals surface area contributed by atoms with E-state index in [2.05, 4.69) is 22.4 Å². The molecule has 0 amide bonds. The summed E-state index contributed by atoms with van der Waals surface area (Å²) in [6.45, 7) is 4.19. The van der Waals surface area contributed by atoms with Crippen LogP contribution in [0.4, 0.5) is 0 Å². The molecule has 1 aliphatic rings. The highest BCUT2D eigenvalue weighted by molar-refractivity contribution is 6.20. The first-order valence-electron chi connectivity index (χ1n) is 6.14. The fourth-order valence-electron chi connectivity index (χ4n) is 2.52. The summed E-state index contributed by atoms with van der Waals surface area (Å²) in [5.41, 5.74) is 0. The Hall–Kier alpha value is -0.640. The molecule has 0 N–H and O–H groups in total. The Kier molecular flexibility index (Phi) is 3.79. The summed E-state index contributed by atoms with van der Waals surface area (Å²) in [4.78, 5) is 0. The van der Waals surface area contributed by atoms with Crippen LogP contribution in [0, 0.1) is 5.92 Å². The zero-order chi connectivity index (χ0) is 11.5. The summed E-state index contributed by atoms with van der Waals surface area (Å²) in [7, 11) is 0. The van der Waals surface area contributed by atoms with Gasteiger partial charge in [0.15, 0.2) is 5.82 Å². The highest BCUT2D eigenvalue weighted by atomic mass is 35.5. The maximum absolute atomic E-state index is 6.06. The van der Waals surface area contributed by atoms with Crippen LogP contribution in [0.25, 0.3) is 0 Å². The zero-order valence-corrected chi connectivity index (χ0v) is 10.7. The van der Waals surface area contributed by atoms with Gasteiger partial charge < -0.3 is 0 Å². The first-order valence-corrected chi connectivity index (χ1v) is 6.57. The van der Waals surface area contributed by atoms with Crippen LogP contribution in [0.1, 0.15) is 63.2 Å². The van der Waals surface area contributed by atoms with Gasteiger partial charge in [0.1, 0.15) is 0 Å². The van der Waals surface area contributed by atoms with Crippen LogP contribution in [0.3, 0.4) is 0 Å². The maximum Gasteiger partial charge on any atom is 0.169 e. The summed E-state index contributed by atoms with van der Waals surface area (Å²) in [6, 6.07) is 0.453. The number of halogens is 1. The molecule has 0 saturated heterocycles. The van der Waals surface area contributed by atoms with Gasteiger partial charge in [0.2, 0.25) is 0 Å². The third-order valence-electron chi connectivity index (χ3n) is 3.61. The van der Waals surface area contributed by atoms with E-state index in [1.165, 1.54) is 32.1 Å². The average molecular weight is 243 g/mol. The normalized spacial score (nSPS) is 27.9. The minimum Gasteiger partial charge on any atom is -0.225 e. The van der Waals surface area contributed by atoms with E-state index in [0.29, 0.717) is 6.04 Å². The first kappa shape index (κ1) is 11.8. The molecule has 0 aromatic carbocycles. The second-order valence-corrected chi connectivity index (χ2v) is 5.34. The van der Waals surface area contributed by atoms with Gasteiger partial charge >= 0.3 is 0 Å². The third-order valence-corrected chi connectivity index (χ3v) is 3.81. The largest absolute Gasteiger partial charge is 0.225 e. The zero-order valence-electron chi connectivity index (χ0n) is 9.93. The Bertz CT molecular complexity index is 328. The third kappa shape index (κ3) is 2.37. The molecular formula is C11H19ClN4. The number of aromatic nitrogens is 4. The van der Waals surface area contributed by atoms with E-state index in [9.17, 15) is 0 Å². The van der Waals surface area contributed by atoms with Gasteiger partial charge in [-0.05, 0) is 49.0 Å². The number of nitrogens with zero attached hydrogens (tertiary/aromatic N) is 4. The lowest BCUT2D eigenvalue weighted by molar-refractivity contribution is 0.249. The summed E-state index contributed by atoms with van der Waals surface area (Å²) in [6.07, 6.45) is 6.23. The van der Waals surface area contributed by atoms with Crippen LogP contribution in [0.5, 0.6) is 0 Å². The second-order valence-electron chi connectivity index (χ2n) is 4.68. The van der Waals surface area contributed by atoms with E-state index in [1.807, 2.05) is 11.6 Å². The number of hydrogen-bond donors (Lipinski definition) is 0. The van der Waals surface area contributed by atoms with Crippen molar-refractivity contribution in [1.82, 2.24) is 20.2 Å². The number of alkyl halides is 1. The van der Waals surface area contributed by atoms with Crippen LogP contribution >= 0.6 is 11.6 Å². The van der Waals surface area contributed by atoms with Crippen molar-refractivity contribution in [2.75, 3.05) is 0 Å². The van der Waals surface area contributed by atoms with Gasteiger partial charge in [-0.25, -0.2) is 4.68 Å². The van der Waals surface area contributed by atoms with Gasteiger partial charge in [0.25, 0.3) is 0 Å². The summed E-state index contributed by atoms with van der Waals surface area (Å²) >= 11 is 6.06. The molecule has 0 radical (unpaired) electrons. The van der Waals surface area contributed by atoms with Crippen molar-refractivity contribution in [3.8, 4) is 0 Å². The fourth-order valence-corrected chi connectivity index (χ4v) is 2.66. The van der Waals surface area contributed by atoms with Crippen molar-refractivity contribution in [1.29, 1.82) is 0 Å². The standard InChI is InChI=1S/C11H19ClN4/c1-3-9-4-6-10(7-5-9)16-11(8(2)12)13-14-15-16/h8-10H,3-7H2,1-2H3. The lowest BCUT2D eigenvalue weighted by Crippen LogP contribution is -2.21. The molecule has 1 atom stereocenters. The molecule has 0 spiro atoms. The Balaban J connectivity index is 2.05. The van der Waals surface area contributed by atoms with E-state index in [0.717, 1.165) is 11.7 Å². The summed E-state index contributed by atoms with van der Waals surface area (Å²) < 4.78 is 1.93. The number of rotatable bonds is 3. The molecular weight excluding hydrogens is 224 g/mol. The SMILES string of the molecule is CCC1CCC(n2nnnc2C(C)Cl)CC1. The average Bonchev–Trinajstić information content (AvgIpc) is 2.78. The van der Waals surface area contributed by atoms with E-state index in [-0.39, 0.29) is 5.38 Å².